The molecule has 1 atom stereocenters. The number of allylic oxidation sites excluding steroid dienone is 3. The molecule has 1 aliphatic rings. The predicted molar refractivity (Wildman–Crippen MR) is 67.5 cm³/mol. The molecule has 2 nitrogen and oxygen atoms in total. The van der Waals surface area contributed by atoms with E-state index in [0.29, 0.717) is 6.61 Å². The van der Waals surface area contributed by atoms with Crippen molar-refractivity contribution in [1.29, 1.82) is 0 Å². The molecule has 1 aromatic rings. The number of carbonyl (C=O) groups excluding carboxylic acids is 1. The maximum atomic E-state index is 11.7. The number of benzene rings is 1. The molecular weight excluding hydrogens is 212 g/mol. The van der Waals surface area contributed by atoms with E-state index in [1.807, 2.05) is 54.6 Å². The Balaban J connectivity index is 1.73. The first-order chi connectivity index (χ1) is 8.36. The molecule has 1 unspecified atom stereocenters. The van der Waals surface area contributed by atoms with Gasteiger partial charge < -0.3 is 4.74 Å². The maximum Gasteiger partial charge on any atom is 0.313 e. The third-order valence-corrected chi connectivity index (χ3v) is 2.76. The number of ether oxygens (including phenoxy) is 1. The van der Waals surface area contributed by atoms with E-state index in [0.717, 1.165) is 12.8 Å². The molecule has 0 spiro atoms. The first-order valence-electron chi connectivity index (χ1n) is 5.90. The van der Waals surface area contributed by atoms with Crippen molar-refractivity contribution in [2.75, 3.05) is 6.61 Å². The van der Waals surface area contributed by atoms with Gasteiger partial charge in [-0.1, -0.05) is 54.6 Å². The van der Waals surface area contributed by atoms with Gasteiger partial charge in [-0.15, -0.1) is 0 Å². The second-order valence-electron chi connectivity index (χ2n) is 4.06. The largest absolute Gasteiger partial charge is 0.465 e. The Hall–Kier alpha value is -1.83. The zero-order valence-corrected chi connectivity index (χ0v) is 9.71. The van der Waals surface area contributed by atoms with Gasteiger partial charge in [0, 0.05) is 6.42 Å². The van der Waals surface area contributed by atoms with E-state index >= 15 is 0 Å². The van der Waals surface area contributed by atoms with Crippen LogP contribution in [0.4, 0.5) is 0 Å². The molecule has 17 heavy (non-hydrogen) atoms. The molecule has 0 N–H and O–H groups in total. The molecule has 0 bridgehead atoms. The maximum absolute atomic E-state index is 11.7. The van der Waals surface area contributed by atoms with Gasteiger partial charge in [0.1, 0.15) is 0 Å². The number of hydrogen-bond acceptors (Lipinski definition) is 2. The fraction of sp³-hybridized carbons (Fsp3) is 0.267. The highest BCUT2D eigenvalue weighted by Gasteiger charge is 2.16. The van der Waals surface area contributed by atoms with Crippen LogP contribution in [0, 0.1) is 5.92 Å². The molecule has 0 fully saturated rings. The van der Waals surface area contributed by atoms with Crippen LogP contribution < -0.4 is 0 Å². The van der Waals surface area contributed by atoms with E-state index in [1.54, 1.807) is 0 Å². The SMILES string of the molecule is O=C(OCCc1ccccc1)C1C=CC=CC1. The van der Waals surface area contributed by atoms with Crippen molar-refractivity contribution in [1.82, 2.24) is 0 Å². The summed E-state index contributed by atoms with van der Waals surface area (Å²) < 4.78 is 5.26. The second-order valence-corrected chi connectivity index (χ2v) is 4.06. The first kappa shape index (κ1) is 11.6. The fourth-order valence-corrected chi connectivity index (χ4v) is 1.78. The van der Waals surface area contributed by atoms with Crippen molar-refractivity contribution >= 4 is 5.97 Å². The molecule has 0 amide bonds. The second kappa shape index (κ2) is 6.04. The minimum absolute atomic E-state index is 0.101. The van der Waals surface area contributed by atoms with Crippen molar-refractivity contribution in [2.24, 2.45) is 5.92 Å². The molecule has 2 heteroatoms. The lowest BCUT2D eigenvalue weighted by Gasteiger charge is -2.12. The Kier molecular flexibility index (Phi) is 4.14. The van der Waals surface area contributed by atoms with Gasteiger partial charge in [0.2, 0.25) is 0 Å². The standard InChI is InChI=1S/C15H16O2/c16-15(14-9-5-2-6-10-14)17-12-11-13-7-3-1-4-8-13/h1-9,14H,10-12H2. The van der Waals surface area contributed by atoms with Crippen LogP contribution in [0.2, 0.25) is 0 Å². The molecule has 0 radical (unpaired) electrons. The van der Waals surface area contributed by atoms with Gasteiger partial charge in [-0.3, -0.25) is 4.79 Å². The number of esters is 1. The molecule has 0 aliphatic heterocycles. The van der Waals surface area contributed by atoms with E-state index in [4.69, 9.17) is 4.74 Å². The fourth-order valence-electron chi connectivity index (χ4n) is 1.78. The van der Waals surface area contributed by atoms with E-state index in [2.05, 4.69) is 0 Å². The van der Waals surface area contributed by atoms with E-state index in [-0.39, 0.29) is 11.9 Å². The zero-order valence-electron chi connectivity index (χ0n) is 9.71. The topological polar surface area (TPSA) is 26.3 Å². The summed E-state index contributed by atoms with van der Waals surface area (Å²) in [6.07, 6.45) is 9.26. The van der Waals surface area contributed by atoms with Gasteiger partial charge in [-0.2, -0.15) is 0 Å². The number of carbonyl (C=O) groups is 1. The van der Waals surface area contributed by atoms with Crippen LogP contribution in [-0.2, 0) is 16.0 Å². The summed E-state index contributed by atoms with van der Waals surface area (Å²) in [5, 5.41) is 0. The lowest BCUT2D eigenvalue weighted by molar-refractivity contribution is -0.146. The number of hydrogen-bond donors (Lipinski definition) is 0. The highest BCUT2D eigenvalue weighted by molar-refractivity contribution is 5.75. The van der Waals surface area contributed by atoms with Gasteiger partial charge in [0.25, 0.3) is 0 Å². The molecular formula is C15H16O2. The molecule has 0 saturated heterocycles. The predicted octanol–water partition coefficient (Wildman–Crippen LogP) is 2.90. The van der Waals surface area contributed by atoms with Crippen LogP contribution >= 0.6 is 0 Å². The van der Waals surface area contributed by atoms with Gasteiger partial charge in [0.15, 0.2) is 0 Å². The summed E-state index contributed by atoms with van der Waals surface area (Å²) in [5.41, 5.74) is 1.19. The highest BCUT2D eigenvalue weighted by atomic mass is 16.5. The van der Waals surface area contributed by atoms with Gasteiger partial charge in [0.05, 0.1) is 12.5 Å². The average molecular weight is 228 g/mol. The van der Waals surface area contributed by atoms with E-state index in [9.17, 15) is 4.79 Å². The average Bonchev–Trinajstić information content (AvgIpc) is 2.41. The van der Waals surface area contributed by atoms with Crippen LogP contribution in [0.25, 0.3) is 0 Å². The van der Waals surface area contributed by atoms with Gasteiger partial charge in [-0.25, -0.2) is 0 Å². The molecule has 0 heterocycles. The van der Waals surface area contributed by atoms with Crippen LogP contribution in [0.5, 0.6) is 0 Å². The highest BCUT2D eigenvalue weighted by Crippen LogP contribution is 2.13. The Bertz CT molecular complexity index is 418. The summed E-state index contributed by atoms with van der Waals surface area (Å²) in [7, 11) is 0. The van der Waals surface area contributed by atoms with Crippen LogP contribution in [-0.4, -0.2) is 12.6 Å². The van der Waals surface area contributed by atoms with Gasteiger partial charge in [-0.05, 0) is 12.0 Å². The minimum Gasteiger partial charge on any atom is -0.465 e. The third-order valence-electron chi connectivity index (χ3n) is 2.76. The lowest BCUT2D eigenvalue weighted by atomic mass is 10.0. The smallest absolute Gasteiger partial charge is 0.313 e. The molecule has 2 rings (SSSR count). The van der Waals surface area contributed by atoms with Crippen molar-refractivity contribution < 1.29 is 9.53 Å². The Morgan fingerprint density at radius 3 is 2.76 bits per heavy atom. The zero-order chi connectivity index (χ0) is 11.9. The monoisotopic (exact) mass is 228 g/mol. The van der Waals surface area contributed by atoms with Gasteiger partial charge >= 0.3 is 5.97 Å². The van der Waals surface area contributed by atoms with Crippen molar-refractivity contribution in [2.45, 2.75) is 12.8 Å². The lowest BCUT2D eigenvalue weighted by Crippen LogP contribution is -2.17. The summed E-state index contributed by atoms with van der Waals surface area (Å²) in [5.74, 6) is -0.225. The van der Waals surface area contributed by atoms with Crippen molar-refractivity contribution in [3.05, 3.63) is 60.2 Å². The van der Waals surface area contributed by atoms with E-state index < -0.39 is 0 Å². The van der Waals surface area contributed by atoms with Crippen LogP contribution in [0.15, 0.2) is 54.6 Å². The van der Waals surface area contributed by atoms with Crippen LogP contribution in [0.1, 0.15) is 12.0 Å². The normalized spacial score (nSPS) is 18.0. The summed E-state index contributed by atoms with van der Waals surface area (Å²) in [6.45, 7) is 0.455. The number of rotatable bonds is 4. The Labute approximate surface area is 102 Å². The third kappa shape index (κ3) is 3.59. The molecule has 1 aliphatic carbocycles. The Morgan fingerprint density at radius 2 is 2.06 bits per heavy atom. The van der Waals surface area contributed by atoms with Crippen molar-refractivity contribution in [3.63, 3.8) is 0 Å². The molecule has 1 aromatic carbocycles. The van der Waals surface area contributed by atoms with Crippen LogP contribution in [0.3, 0.4) is 0 Å². The Morgan fingerprint density at radius 1 is 1.24 bits per heavy atom. The molecule has 0 saturated carbocycles. The van der Waals surface area contributed by atoms with Crippen molar-refractivity contribution in [3.8, 4) is 0 Å². The summed E-state index contributed by atoms with van der Waals surface area (Å²) in [6, 6.07) is 10.0. The first-order valence-corrected chi connectivity index (χ1v) is 5.90. The quantitative estimate of drug-likeness (QED) is 0.741. The summed E-state index contributed by atoms with van der Waals surface area (Å²) >= 11 is 0. The minimum atomic E-state index is -0.124. The van der Waals surface area contributed by atoms with E-state index in [1.165, 1.54) is 5.56 Å². The molecule has 88 valence electrons. The summed E-state index contributed by atoms with van der Waals surface area (Å²) in [4.78, 5) is 11.7. The molecule has 0 aromatic heterocycles.